The lowest BCUT2D eigenvalue weighted by molar-refractivity contribution is -0.161. The van der Waals surface area contributed by atoms with Crippen molar-refractivity contribution in [2.24, 2.45) is 11.8 Å². The van der Waals surface area contributed by atoms with Gasteiger partial charge in [-0.15, -0.1) is 0 Å². The first-order valence-corrected chi connectivity index (χ1v) is 16.1. The van der Waals surface area contributed by atoms with Gasteiger partial charge in [0.25, 0.3) is 0 Å². The Morgan fingerprint density at radius 2 is 1.39 bits per heavy atom. The van der Waals surface area contributed by atoms with Gasteiger partial charge < -0.3 is 18.9 Å². The van der Waals surface area contributed by atoms with Gasteiger partial charge in [-0.25, -0.2) is 9.97 Å². The van der Waals surface area contributed by atoms with Crippen LogP contribution >= 0.6 is 23.5 Å². The van der Waals surface area contributed by atoms with E-state index in [0.29, 0.717) is 21.7 Å². The number of esters is 2. The van der Waals surface area contributed by atoms with Crippen molar-refractivity contribution < 1.29 is 28.5 Å². The molecule has 0 N–H and O–H groups in total. The molecular formula is C32H36N4O6S2. The number of carbonyl (C=O) groups is 2. The molecule has 3 atom stereocenters. The van der Waals surface area contributed by atoms with E-state index in [1.165, 1.54) is 23.5 Å². The number of fused-ring (bicyclic) bond motifs is 1. The molecule has 0 amide bonds. The molecule has 1 aliphatic carbocycles. The fraction of sp³-hybridized carbons (Fsp3) is 0.375. The van der Waals surface area contributed by atoms with Crippen LogP contribution in [0.5, 0.6) is 0 Å². The molecule has 232 valence electrons. The van der Waals surface area contributed by atoms with Crippen molar-refractivity contribution in [1.82, 2.24) is 19.1 Å². The van der Waals surface area contributed by atoms with Crippen molar-refractivity contribution in [3.05, 3.63) is 83.9 Å². The molecular weight excluding hydrogens is 601 g/mol. The van der Waals surface area contributed by atoms with Crippen LogP contribution in [0.4, 0.5) is 0 Å². The van der Waals surface area contributed by atoms with E-state index >= 15 is 0 Å². The minimum absolute atomic E-state index is 0.171. The molecule has 12 heteroatoms. The summed E-state index contributed by atoms with van der Waals surface area (Å²) in [5.41, 5.74) is 2.17. The number of benzene rings is 2. The van der Waals surface area contributed by atoms with Crippen molar-refractivity contribution in [1.29, 1.82) is 0 Å². The Balaban J connectivity index is 1.71. The van der Waals surface area contributed by atoms with Crippen molar-refractivity contribution in [3.8, 4) is 0 Å². The fourth-order valence-corrected chi connectivity index (χ4v) is 7.31. The average molecular weight is 637 g/mol. The van der Waals surface area contributed by atoms with Crippen LogP contribution in [-0.2, 0) is 48.4 Å². The van der Waals surface area contributed by atoms with Gasteiger partial charge in [0.05, 0.1) is 48.6 Å². The number of methoxy groups -OCH3 is 2. The second-order valence-electron chi connectivity index (χ2n) is 10.0. The standard InChI is InChI=1S/C32H36N4O6S2/c1-5-41-29(37)23-17-24-28(34-32(35(24)19-39-3)44-22-15-11-8-12-16-22)27(26(23)30(38)42-6-2)25-18-33-31(36(25)20-40-4)43-21-13-9-7-10-14-21/h7-16,18,23,26-27H,5-6,17,19-20H2,1-4H3/t23-,26+,27+/m0/s1. The molecule has 5 rings (SSSR count). The predicted octanol–water partition coefficient (Wildman–Crippen LogP) is 5.64. The molecule has 0 radical (unpaired) electrons. The molecule has 0 aliphatic heterocycles. The normalized spacial score (nSPS) is 17.7. The summed E-state index contributed by atoms with van der Waals surface area (Å²) in [7, 11) is 3.23. The van der Waals surface area contributed by atoms with Gasteiger partial charge in [0.1, 0.15) is 13.5 Å². The zero-order chi connectivity index (χ0) is 31.1. The third-order valence-electron chi connectivity index (χ3n) is 7.31. The molecule has 2 aromatic heterocycles. The molecule has 2 aromatic carbocycles. The Bertz CT molecular complexity index is 1560. The second-order valence-corrected chi connectivity index (χ2v) is 12.1. The molecule has 10 nitrogen and oxygen atoms in total. The summed E-state index contributed by atoms with van der Waals surface area (Å²) in [5, 5.41) is 1.38. The van der Waals surface area contributed by atoms with Crippen LogP contribution in [0, 0.1) is 11.8 Å². The topological polar surface area (TPSA) is 107 Å². The summed E-state index contributed by atoms with van der Waals surface area (Å²) in [6.07, 6.45) is 1.99. The van der Waals surface area contributed by atoms with E-state index in [1.807, 2.05) is 69.8 Å². The van der Waals surface area contributed by atoms with Gasteiger partial charge in [0, 0.05) is 36.1 Å². The molecule has 4 aromatic rings. The Hall–Kier alpha value is -3.58. The van der Waals surface area contributed by atoms with Gasteiger partial charge in [-0.2, -0.15) is 0 Å². The summed E-state index contributed by atoms with van der Waals surface area (Å²) in [5.74, 6) is -3.33. The fourth-order valence-electron chi connectivity index (χ4n) is 5.51. The lowest BCUT2D eigenvalue weighted by Crippen LogP contribution is -2.43. The maximum Gasteiger partial charge on any atom is 0.310 e. The zero-order valence-electron chi connectivity index (χ0n) is 25.2. The average Bonchev–Trinajstić information content (AvgIpc) is 3.58. The van der Waals surface area contributed by atoms with Crippen molar-refractivity contribution in [2.45, 2.75) is 59.8 Å². The van der Waals surface area contributed by atoms with Gasteiger partial charge in [-0.05, 0) is 38.1 Å². The third kappa shape index (κ3) is 6.73. The molecule has 0 bridgehead atoms. The number of rotatable bonds is 13. The SMILES string of the molecule is CCOC(=O)[C@H]1[C@@H](c2cnc(Sc3ccccc3)n2COC)c2nc(Sc3ccccc3)n(COC)c2C[C@@H]1C(=O)OCC. The maximum absolute atomic E-state index is 13.8. The molecule has 1 aliphatic rings. The first-order valence-electron chi connectivity index (χ1n) is 14.4. The van der Waals surface area contributed by atoms with Crippen LogP contribution in [0.2, 0.25) is 0 Å². The van der Waals surface area contributed by atoms with Crippen molar-refractivity contribution in [3.63, 3.8) is 0 Å². The molecule has 0 spiro atoms. The molecule has 0 saturated heterocycles. The monoisotopic (exact) mass is 636 g/mol. The van der Waals surface area contributed by atoms with Crippen LogP contribution in [-0.4, -0.2) is 58.5 Å². The van der Waals surface area contributed by atoms with Gasteiger partial charge >= 0.3 is 11.9 Å². The van der Waals surface area contributed by atoms with E-state index in [9.17, 15) is 9.59 Å². The van der Waals surface area contributed by atoms with Gasteiger partial charge in [-0.1, -0.05) is 59.9 Å². The molecule has 0 saturated carbocycles. The summed E-state index contributed by atoms with van der Waals surface area (Å²) >= 11 is 2.98. The molecule has 0 fully saturated rings. The highest BCUT2D eigenvalue weighted by Gasteiger charge is 2.50. The van der Waals surface area contributed by atoms with E-state index in [1.54, 1.807) is 34.3 Å². The van der Waals surface area contributed by atoms with Gasteiger partial charge in [0.2, 0.25) is 0 Å². The van der Waals surface area contributed by atoms with E-state index < -0.39 is 29.7 Å². The first kappa shape index (κ1) is 31.8. The third-order valence-corrected chi connectivity index (χ3v) is 9.32. The number of carbonyl (C=O) groups excluding carboxylic acids is 2. The van der Waals surface area contributed by atoms with Crippen LogP contribution in [0.3, 0.4) is 0 Å². The Kier molecular flexibility index (Phi) is 10.8. The van der Waals surface area contributed by atoms with Crippen molar-refractivity contribution in [2.75, 3.05) is 27.4 Å². The molecule has 44 heavy (non-hydrogen) atoms. The minimum atomic E-state index is -0.899. The maximum atomic E-state index is 13.8. The van der Waals surface area contributed by atoms with Crippen molar-refractivity contribution >= 4 is 35.5 Å². The number of hydrogen-bond acceptors (Lipinski definition) is 10. The lowest BCUT2D eigenvalue weighted by Gasteiger charge is -2.35. The van der Waals surface area contributed by atoms with Crippen LogP contribution < -0.4 is 0 Å². The van der Waals surface area contributed by atoms with E-state index in [-0.39, 0.29) is 33.1 Å². The molecule has 2 heterocycles. The Morgan fingerprint density at radius 1 is 0.818 bits per heavy atom. The zero-order valence-corrected chi connectivity index (χ0v) is 26.8. The predicted molar refractivity (Wildman–Crippen MR) is 165 cm³/mol. The van der Waals surface area contributed by atoms with E-state index in [2.05, 4.69) is 0 Å². The number of imidazole rings is 2. The number of ether oxygens (including phenoxy) is 4. The number of nitrogens with zero attached hydrogens (tertiary/aromatic N) is 4. The largest absolute Gasteiger partial charge is 0.466 e. The Morgan fingerprint density at radius 3 is 1.98 bits per heavy atom. The lowest BCUT2D eigenvalue weighted by atomic mass is 9.71. The highest BCUT2D eigenvalue weighted by atomic mass is 32.2. The van der Waals surface area contributed by atoms with E-state index in [4.69, 9.17) is 28.9 Å². The Labute approximate surface area is 265 Å². The highest BCUT2D eigenvalue weighted by Crippen LogP contribution is 2.47. The minimum Gasteiger partial charge on any atom is -0.466 e. The molecule has 0 unspecified atom stereocenters. The summed E-state index contributed by atoms with van der Waals surface area (Å²) < 4.78 is 26.3. The van der Waals surface area contributed by atoms with Crippen LogP contribution in [0.15, 0.2) is 87.0 Å². The number of hydrogen-bond donors (Lipinski definition) is 0. The van der Waals surface area contributed by atoms with Crippen LogP contribution in [0.1, 0.15) is 36.8 Å². The quantitative estimate of drug-likeness (QED) is 0.171. The summed E-state index contributed by atoms with van der Waals surface area (Å²) in [4.78, 5) is 39.3. The van der Waals surface area contributed by atoms with Gasteiger partial charge in [0.15, 0.2) is 10.3 Å². The van der Waals surface area contributed by atoms with Gasteiger partial charge in [-0.3, -0.25) is 18.7 Å². The second kappa shape index (κ2) is 14.9. The highest BCUT2D eigenvalue weighted by molar-refractivity contribution is 7.99. The first-order chi connectivity index (χ1) is 21.5. The smallest absolute Gasteiger partial charge is 0.310 e. The van der Waals surface area contributed by atoms with Crippen LogP contribution in [0.25, 0.3) is 0 Å². The summed E-state index contributed by atoms with van der Waals surface area (Å²) in [6, 6.07) is 19.8. The summed E-state index contributed by atoms with van der Waals surface area (Å²) in [6.45, 7) is 4.27. The van der Waals surface area contributed by atoms with E-state index in [0.717, 1.165) is 15.5 Å². The number of aromatic nitrogens is 4.